The summed E-state index contributed by atoms with van der Waals surface area (Å²) in [7, 11) is -3.87. The van der Waals surface area contributed by atoms with Crippen LogP contribution < -0.4 is 5.32 Å². The molecule has 1 aliphatic heterocycles. The van der Waals surface area contributed by atoms with Crippen molar-refractivity contribution in [3.63, 3.8) is 0 Å². The van der Waals surface area contributed by atoms with Gasteiger partial charge < -0.3 is 10.1 Å². The van der Waals surface area contributed by atoms with Crippen LogP contribution >= 0.6 is 0 Å². The minimum Gasteiger partial charge on any atom is -0.454 e. The highest BCUT2D eigenvalue weighted by Gasteiger charge is 2.38. The van der Waals surface area contributed by atoms with E-state index in [9.17, 15) is 22.8 Å². The maximum Gasteiger partial charge on any atom is 0.324 e. The smallest absolute Gasteiger partial charge is 0.324 e. The summed E-state index contributed by atoms with van der Waals surface area (Å²) in [6.45, 7) is 2.93. The number of Topliss-reactive ketones (excluding diaryl/α,β-unsaturated/α-hetero) is 1. The molecule has 2 aromatic rings. The highest BCUT2D eigenvalue weighted by molar-refractivity contribution is 7.89. The fraction of sp³-hybridized carbons (Fsp3) is 0.348. The predicted octanol–water partition coefficient (Wildman–Crippen LogP) is 2.92. The lowest BCUT2D eigenvalue weighted by Crippen LogP contribution is -2.48. The van der Waals surface area contributed by atoms with Gasteiger partial charge in [0.2, 0.25) is 10.0 Å². The second-order valence-corrected chi connectivity index (χ2v) is 9.62. The number of rotatable bonds is 7. The summed E-state index contributed by atoms with van der Waals surface area (Å²) in [5.41, 5.74) is 1.78. The third-order valence-electron chi connectivity index (χ3n) is 5.25. The zero-order chi connectivity index (χ0) is 23.3. The summed E-state index contributed by atoms with van der Waals surface area (Å²) in [6.07, 6.45) is 1.65. The number of sulfonamides is 1. The van der Waals surface area contributed by atoms with Gasteiger partial charge in [0.15, 0.2) is 12.4 Å². The molecule has 0 aliphatic carbocycles. The van der Waals surface area contributed by atoms with Gasteiger partial charge in [-0.25, -0.2) is 8.42 Å². The lowest BCUT2D eigenvalue weighted by atomic mass is 10.1. The number of carbonyl (C=O) groups excluding carboxylic acids is 3. The topological polar surface area (TPSA) is 110 Å². The number of piperidine rings is 1. The number of nitrogens with one attached hydrogen (secondary N) is 1. The highest BCUT2D eigenvalue weighted by Crippen LogP contribution is 2.26. The first-order valence-corrected chi connectivity index (χ1v) is 11.8. The summed E-state index contributed by atoms with van der Waals surface area (Å²) in [4.78, 5) is 36.5. The van der Waals surface area contributed by atoms with Crippen LogP contribution in [0.2, 0.25) is 0 Å². The van der Waals surface area contributed by atoms with Crippen molar-refractivity contribution in [2.75, 3.05) is 18.5 Å². The van der Waals surface area contributed by atoms with E-state index in [4.69, 9.17) is 4.74 Å². The van der Waals surface area contributed by atoms with Gasteiger partial charge in [-0.15, -0.1) is 0 Å². The van der Waals surface area contributed by atoms with E-state index < -0.39 is 34.5 Å². The van der Waals surface area contributed by atoms with Crippen molar-refractivity contribution in [1.29, 1.82) is 0 Å². The zero-order valence-corrected chi connectivity index (χ0v) is 18.9. The molecule has 1 aliphatic rings. The Labute approximate surface area is 187 Å². The number of hydrogen-bond acceptors (Lipinski definition) is 6. The van der Waals surface area contributed by atoms with E-state index in [0.29, 0.717) is 30.5 Å². The Hall–Kier alpha value is -3.04. The van der Waals surface area contributed by atoms with Crippen LogP contribution in [0.1, 0.15) is 42.1 Å². The molecule has 1 amide bonds. The molecule has 0 spiro atoms. The van der Waals surface area contributed by atoms with E-state index >= 15 is 0 Å². The third kappa shape index (κ3) is 5.60. The molecule has 0 saturated carbocycles. The zero-order valence-electron chi connectivity index (χ0n) is 18.0. The molecule has 3 rings (SSSR count). The number of esters is 1. The second kappa shape index (κ2) is 10.1. The summed E-state index contributed by atoms with van der Waals surface area (Å²) < 4.78 is 32.5. The molecule has 1 saturated heterocycles. The van der Waals surface area contributed by atoms with Crippen LogP contribution in [-0.2, 0) is 24.3 Å². The van der Waals surface area contributed by atoms with Crippen LogP contribution in [0.3, 0.4) is 0 Å². The standard InChI is InChI=1S/C23H26N2O6S/c1-16-9-11-20(12-10-16)32(29,30)25-13-4-3-8-21(25)23(28)31-15-22(27)24-19-7-5-6-18(14-19)17(2)26/h5-7,9-12,14,21H,3-4,8,13,15H2,1-2H3,(H,24,27). The largest absolute Gasteiger partial charge is 0.454 e. The Morgan fingerprint density at radius 1 is 1.09 bits per heavy atom. The molecule has 1 heterocycles. The number of hydrogen-bond donors (Lipinski definition) is 1. The number of anilines is 1. The van der Waals surface area contributed by atoms with Crippen molar-refractivity contribution >= 4 is 33.4 Å². The Kier molecular flexibility index (Phi) is 7.42. The van der Waals surface area contributed by atoms with Crippen LogP contribution in [-0.4, -0.2) is 49.6 Å². The van der Waals surface area contributed by atoms with E-state index in [0.717, 1.165) is 9.87 Å². The molecule has 0 bridgehead atoms. The van der Waals surface area contributed by atoms with Crippen molar-refractivity contribution in [2.24, 2.45) is 0 Å². The van der Waals surface area contributed by atoms with Gasteiger partial charge >= 0.3 is 5.97 Å². The van der Waals surface area contributed by atoms with Crippen LogP contribution in [0.25, 0.3) is 0 Å². The molecule has 170 valence electrons. The van der Waals surface area contributed by atoms with Gasteiger partial charge in [-0.3, -0.25) is 14.4 Å². The summed E-state index contributed by atoms with van der Waals surface area (Å²) in [6, 6.07) is 11.9. The van der Waals surface area contributed by atoms with Crippen molar-refractivity contribution in [3.8, 4) is 0 Å². The molecular weight excluding hydrogens is 432 g/mol. The third-order valence-corrected chi connectivity index (χ3v) is 7.17. The molecule has 1 fully saturated rings. The molecule has 9 heteroatoms. The number of nitrogens with zero attached hydrogens (tertiary/aromatic N) is 1. The van der Waals surface area contributed by atoms with Gasteiger partial charge in [-0.05, 0) is 57.4 Å². The van der Waals surface area contributed by atoms with Crippen LogP contribution in [0.5, 0.6) is 0 Å². The maximum absolute atomic E-state index is 13.1. The van der Waals surface area contributed by atoms with Gasteiger partial charge in [0.25, 0.3) is 5.91 Å². The van der Waals surface area contributed by atoms with Gasteiger partial charge in [-0.1, -0.05) is 29.8 Å². The SMILES string of the molecule is CC(=O)c1cccc(NC(=O)COC(=O)C2CCCCN2S(=O)(=O)c2ccc(C)cc2)c1. The van der Waals surface area contributed by atoms with Crippen LogP contribution in [0.15, 0.2) is 53.4 Å². The Morgan fingerprint density at radius 2 is 1.81 bits per heavy atom. The van der Waals surface area contributed by atoms with Gasteiger partial charge in [0, 0.05) is 17.8 Å². The number of ketones is 1. The van der Waals surface area contributed by atoms with Crippen LogP contribution in [0.4, 0.5) is 5.69 Å². The molecule has 1 unspecified atom stereocenters. The Morgan fingerprint density at radius 3 is 2.50 bits per heavy atom. The second-order valence-electron chi connectivity index (χ2n) is 7.73. The van der Waals surface area contributed by atoms with Crippen molar-refractivity contribution in [1.82, 2.24) is 4.31 Å². The molecule has 2 aromatic carbocycles. The van der Waals surface area contributed by atoms with Crippen LogP contribution in [0, 0.1) is 6.92 Å². The summed E-state index contributed by atoms with van der Waals surface area (Å²) in [5.74, 6) is -1.48. The number of benzene rings is 2. The Balaban J connectivity index is 1.65. The number of carbonyl (C=O) groups is 3. The van der Waals surface area contributed by atoms with E-state index in [2.05, 4.69) is 5.32 Å². The first-order valence-electron chi connectivity index (χ1n) is 10.3. The molecule has 0 radical (unpaired) electrons. The average Bonchev–Trinajstić information content (AvgIpc) is 2.78. The highest BCUT2D eigenvalue weighted by atomic mass is 32.2. The van der Waals surface area contributed by atoms with Crippen molar-refractivity contribution in [2.45, 2.75) is 44.0 Å². The van der Waals surface area contributed by atoms with E-state index in [1.54, 1.807) is 30.3 Å². The van der Waals surface area contributed by atoms with E-state index in [1.807, 2.05) is 6.92 Å². The number of aryl methyl sites for hydroxylation is 1. The lowest BCUT2D eigenvalue weighted by Gasteiger charge is -2.33. The van der Waals surface area contributed by atoms with Gasteiger partial charge in [-0.2, -0.15) is 4.31 Å². The maximum atomic E-state index is 13.1. The summed E-state index contributed by atoms with van der Waals surface area (Å²) in [5, 5.41) is 2.57. The first-order chi connectivity index (χ1) is 15.2. The number of ether oxygens (including phenoxy) is 1. The molecule has 0 aromatic heterocycles. The van der Waals surface area contributed by atoms with Crippen molar-refractivity contribution in [3.05, 3.63) is 59.7 Å². The normalized spacial score (nSPS) is 16.9. The first kappa shape index (κ1) is 23.6. The average molecular weight is 459 g/mol. The predicted molar refractivity (Wildman–Crippen MR) is 119 cm³/mol. The Bertz CT molecular complexity index is 1110. The van der Waals surface area contributed by atoms with Gasteiger partial charge in [0.1, 0.15) is 6.04 Å². The minimum atomic E-state index is -3.87. The molecule has 32 heavy (non-hydrogen) atoms. The fourth-order valence-electron chi connectivity index (χ4n) is 3.52. The van der Waals surface area contributed by atoms with E-state index in [1.165, 1.54) is 25.1 Å². The molecule has 1 N–H and O–H groups in total. The molecule has 8 nitrogen and oxygen atoms in total. The lowest BCUT2D eigenvalue weighted by molar-refractivity contribution is -0.152. The summed E-state index contributed by atoms with van der Waals surface area (Å²) >= 11 is 0. The quantitative estimate of drug-likeness (QED) is 0.505. The van der Waals surface area contributed by atoms with Crippen molar-refractivity contribution < 1.29 is 27.5 Å². The molecule has 1 atom stereocenters. The minimum absolute atomic E-state index is 0.117. The monoisotopic (exact) mass is 458 g/mol. The number of amides is 1. The van der Waals surface area contributed by atoms with E-state index in [-0.39, 0.29) is 17.2 Å². The molecular formula is C23H26N2O6S. The van der Waals surface area contributed by atoms with Gasteiger partial charge in [0.05, 0.1) is 4.90 Å². The fourth-order valence-corrected chi connectivity index (χ4v) is 5.17.